The average molecular weight is 301 g/mol. The molecule has 0 fully saturated rings. The Kier molecular flexibility index (Phi) is 4.98. The molecule has 0 radical (unpaired) electrons. The first-order valence-electron chi connectivity index (χ1n) is 6.80. The highest BCUT2D eigenvalue weighted by Crippen LogP contribution is 2.37. The number of rotatable bonds is 4. The van der Waals surface area contributed by atoms with Crippen LogP contribution in [0.5, 0.6) is 0 Å². The summed E-state index contributed by atoms with van der Waals surface area (Å²) in [7, 11) is -4.71. The molecule has 5 heteroatoms. The van der Waals surface area contributed by atoms with Crippen LogP contribution in [0.1, 0.15) is 76.0 Å². The van der Waals surface area contributed by atoms with Crippen molar-refractivity contribution in [3.63, 3.8) is 0 Å². The first-order chi connectivity index (χ1) is 8.98. The van der Waals surface area contributed by atoms with Crippen molar-refractivity contribution in [2.45, 2.75) is 64.2 Å². The molecule has 1 aromatic rings. The van der Waals surface area contributed by atoms with E-state index < -0.39 is 15.9 Å². The van der Waals surface area contributed by atoms with Crippen molar-refractivity contribution in [1.29, 1.82) is 0 Å². The summed E-state index contributed by atoms with van der Waals surface area (Å²) in [6.07, 6.45) is 0. The van der Waals surface area contributed by atoms with Gasteiger partial charge in [-0.05, 0) is 28.9 Å². The van der Waals surface area contributed by atoms with E-state index in [1.807, 2.05) is 13.8 Å². The number of halogens is 1. The Hall–Kier alpha value is -0.940. The Balaban J connectivity index is 3.94. The van der Waals surface area contributed by atoms with Crippen molar-refractivity contribution in [3.8, 4) is 0 Å². The number of benzene rings is 1. The minimum Gasteiger partial charge on any atom is -0.744 e. The van der Waals surface area contributed by atoms with E-state index in [2.05, 4.69) is 0 Å². The highest BCUT2D eigenvalue weighted by Gasteiger charge is 2.26. The monoisotopic (exact) mass is 301 g/mol. The van der Waals surface area contributed by atoms with Crippen molar-refractivity contribution in [3.05, 3.63) is 28.6 Å². The van der Waals surface area contributed by atoms with Crippen LogP contribution in [0, 0.1) is 5.82 Å². The van der Waals surface area contributed by atoms with Gasteiger partial charge in [-0.25, -0.2) is 12.8 Å². The van der Waals surface area contributed by atoms with Gasteiger partial charge in [-0.15, -0.1) is 0 Å². The zero-order valence-corrected chi connectivity index (χ0v) is 13.6. The molecular weight excluding hydrogens is 279 g/mol. The normalized spacial score (nSPS) is 12.8. The highest BCUT2D eigenvalue weighted by atomic mass is 32.2. The second kappa shape index (κ2) is 5.82. The van der Waals surface area contributed by atoms with Gasteiger partial charge >= 0.3 is 0 Å². The van der Waals surface area contributed by atoms with Gasteiger partial charge in [0.1, 0.15) is 15.9 Å². The van der Waals surface area contributed by atoms with Crippen LogP contribution >= 0.6 is 0 Å². The lowest BCUT2D eigenvalue weighted by atomic mass is 9.88. The van der Waals surface area contributed by atoms with Crippen LogP contribution in [-0.2, 0) is 10.1 Å². The fourth-order valence-electron chi connectivity index (χ4n) is 2.35. The fraction of sp³-hybridized carbons (Fsp3) is 0.600. The topological polar surface area (TPSA) is 57.2 Å². The standard InChI is InChI=1S/C15H23FO3S/c1-8(2)11-7-12(9(3)4)15(20(17,18)19)13(10(5)6)14(11)16/h7-10H,1-6H3,(H,17,18,19)/p-1. The summed E-state index contributed by atoms with van der Waals surface area (Å²) in [6.45, 7) is 10.7. The third kappa shape index (κ3) is 3.20. The second-order valence-corrected chi connectivity index (χ2v) is 7.35. The zero-order chi connectivity index (χ0) is 15.8. The third-order valence-corrected chi connectivity index (χ3v) is 4.33. The molecule has 1 aromatic carbocycles. The summed E-state index contributed by atoms with van der Waals surface area (Å²) in [5.41, 5.74) is 0.897. The summed E-state index contributed by atoms with van der Waals surface area (Å²) in [5, 5.41) is 0. The lowest BCUT2D eigenvalue weighted by Gasteiger charge is -2.25. The maximum atomic E-state index is 14.6. The molecule has 0 N–H and O–H groups in total. The SMILES string of the molecule is CC(C)c1cc(C(C)C)c(S(=O)(=O)[O-])c(C(C)C)c1F. The van der Waals surface area contributed by atoms with Gasteiger partial charge in [0.25, 0.3) is 0 Å². The van der Waals surface area contributed by atoms with E-state index in [-0.39, 0.29) is 28.2 Å². The molecule has 0 heterocycles. The fourth-order valence-corrected chi connectivity index (χ4v) is 3.53. The van der Waals surface area contributed by atoms with Crippen LogP contribution < -0.4 is 0 Å². The minimum atomic E-state index is -4.71. The van der Waals surface area contributed by atoms with Gasteiger partial charge in [0, 0.05) is 5.56 Å². The maximum absolute atomic E-state index is 14.6. The van der Waals surface area contributed by atoms with Gasteiger partial charge in [0.05, 0.1) is 4.90 Å². The number of hydrogen-bond donors (Lipinski definition) is 0. The molecule has 20 heavy (non-hydrogen) atoms. The molecule has 0 aliphatic carbocycles. The van der Waals surface area contributed by atoms with Gasteiger partial charge in [0.15, 0.2) is 0 Å². The molecule has 1 rings (SSSR count). The van der Waals surface area contributed by atoms with Crippen molar-refractivity contribution >= 4 is 10.1 Å². The number of hydrogen-bond acceptors (Lipinski definition) is 3. The molecule has 0 aromatic heterocycles. The first kappa shape index (κ1) is 17.1. The predicted molar refractivity (Wildman–Crippen MR) is 76.6 cm³/mol. The molecule has 3 nitrogen and oxygen atoms in total. The van der Waals surface area contributed by atoms with E-state index in [0.717, 1.165) is 0 Å². The molecule has 0 saturated carbocycles. The van der Waals surface area contributed by atoms with E-state index in [4.69, 9.17) is 0 Å². The van der Waals surface area contributed by atoms with Gasteiger partial charge in [-0.2, -0.15) is 0 Å². The van der Waals surface area contributed by atoms with Crippen molar-refractivity contribution < 1.29 is 17.4 Å². The minimum absolute atomic E-state index is 0.0231. The summed E-state index contributed by atoms with van der Waals surface area (Å²) >= 11 is 0. The quantitative estimate of drug-likeness (QED) is 0.787. The molecular formula is C15H22FO3S-. The lowest BCUT2D eigenvalue weighted by Crippen LogP contribution is -2.14. The van der Waals surface area contributed by atoms with E-state index >= 15 is 0 Å². The van der Waals surface area contributed by atoms with Crippen molar-refractivity contribution in [1.82, 2.24) is 0 Å². The first-order valence-corrected chi connectivity index (χ1v) is 8.21. The molecule has 0 aliphatic rings. The zero-order valence-electron chi connectivity index (χ0n) is 12.8. The van der Waals surface area contributed by atoms with Crippen LogP contribution in [-0.4, -0.2) is 13.0 Å². The summed E-state index contributed by atoms with van der Waals surface area (Å²) in [5.74, 6) is -1.17. The summed E-state index contributed by atoms with van der Waals surface area (Å²) in [6, 6.07) is 1.53. The van der Waals surface area contributed by atoms with Crippen LogP contribution in [0.2, 0.25) is 0 Å². The van der Waals surface area contributed by atoms with E-state index in [1.54, 1.807) is 27.7 Å². The Labute approximate surface area is 121 Å². The van der Waals surface area contributed by atoms with E-state index in [9.17, 15) is 17.4 Å². The molecule has 0 atom stereocenters. The average Bonchev–Trinajstić information content (AvgIpc) is 2.25. The maximum Gasteiger partial charge on any atom is 0.131 e. The molecule has 0 unspecified atom stereocenters. The van der Waals surface area contributed by atoms with Crippen molar-refractivity contribution in [2.75, 3.05) is 0 Å². The molecule has 0 spiro atoms. The summed E-state index contributed by atoms with van der Waals surface area (Å²) in [4.78, 5) is -0.371. The summed E-state index contributed by atoms with van der Waals surface area (Å²) < 4.78 is 49.4. The van der Waals surface area contributed by atoms with E-state index in [0.29, 0.717) is 11.1 Å². The Morgan fingerprint density at radius 2 is 1.40 bits per heavy atom. The Morgan fingerprint density at radius 3 is 1.70 bits per heavy atom. The van der Waals surface area contributed by atoms with Crippen LogP contribution in [0.3, 0.4) is 0 Å². The molecule has 0 bridgehead atoms. The Bertz CT molecular complexity index is 602. The highest BCUT2D eigenvalue weighted by molar-refractivity contribution is 7.85. The van der Waals surface area contributed by atoms with Gasteiger partial charge < -0.3 is 4.55 Å². The van der Waals surface area contributed by atoms with Crippen molar-refractivity contribution in [2.24, 2.45) is 0 Å². The predicted octanol–water partition coefficient (Wildman–Crippen LogP) is 4.10. The smallest absolute Gasteiger partial charge is 0.131 e. The van der Waals surface area contributed by atoms with E-state index in [1.165, 1.54) is 6.07 Å². The third-order valence-electron chi connectivity index (χ3n) is 3.38. The van der Waals surface area contributed by atoms with Gasteiger partial charge in [-0.3, -0.25) is 0 Å². The van der Waals surface area contributed by atoms with Crippen LogP contribution in [0.15, 0.2) is 11.0 Å². The largest absolute Gasteiger partial charge is 0.744 e. The molecule has 0 aliphatic heterocycles. The lowest BCUT2D eigenvalue weighted by molar-refractivity contribution is 0.456. The molecule has 0 saturated heterocycles. The van der Waals surface area contributed by atoms with Crippen LogP contribution in [0.4, 0.5) is 4.39 Å². The molecule has 0 amide bonds. The van der Waals surface area contributed by atoms with Crippen LogP contribution in [0.25, 0.3) is 0 Å². The Morgan fingerprint density at radius 1 is 0.950 bits per heavy atom. The molecule has 114 valence electrons. The van der Waals surface area contributed by atoms with Gasteiger partial charge in [-0.1, -0.05) is 47.6 Å². The second-order valence-electron chi connectivity index (χ2n) is 6.03. The van der Waals surface area contributed by atoms with Gasteiger partial charge in [0.2, 0.25) is 0 Å².